The first-order chi connectivity index (χ1) is 16.9. The van der Waals surface area contributed by atoms with Crippen molar-refractivity contribution >= 4 is 17.8 Å². The number of aromatic nitrogens is 2. The number of anilines is 1. The van der Waals surface area contributed by atoms with Gasteiger partial charge in [-0.25, -0.2) is 8.78 Å². The van der Waals surface area contributed by atoms with Gasteiger partial charge in [-0.05, 0) is 54.1 Å². The number of rotatable bonds is 8. The molecule has 4 rings (SSSR count). The molecular formula is C26H20F2N4O3. The molecule has 0 bridgehead atoms. The van der Waals surface area contributed by atoms with Crippen molar-refractivity contribution in [3.63, 3.8) is 0 Å². The Bertz CT molecular complexity index is 1450. The zero-order valence-electron chi connectivity index (χ0n) is 18.4. The van der Waals surface area contributed by atoms with Gasteiger partial charge in [-0.2, -0.15) is 0 Å². The van der Waals surface area contributed by atoms with Crippen LogP contribution in [-0.4, -0.2) is 21.7 Å². The summed E-state index contributed by atoms with van der Waals surface area (Å²) in [4.78, 5) is 29.6. The lowest BCUT2D eigenvalue weighted by Crippen LogP contribution is -2.29. The van der Waals surface area contributed by atoms with E-state index in [0.29, 0.717) is 17.0 Å². The van der Waals surface area contributed by atoms with Crippen molar-refractivity contribution in [2.75, 3.05) is 5.32 Å². The normalized spacial score (nSPS) is 10.6. The molecular weight excluding hydrogens is 454 g/mol. The predicted octanol–water partition coefficient (Wildman–Crippen LogP) is 4.81. The highest BCUT2D eigenvalue weighted by Gasteiger charge is 2.15. The minimum absolute atomic E-state index is 0.0839. The fourth-order valence-corrected chi connectivity index (χ4v) is 3.41. The summed E-state index contributed by atoms with van der Waals surface area (Å²) >= 11 is 0. The lowest BCUT2D eigenvalue weighted by molar-refractivity contribution is 0.102. The van der Waals surface area contributed by atoms with Crippen LogP contribution in [0, 0.1) is 17.0 Å². The molecule has 4 aromatic rings. The molecule has 0 saturated heterocycles. The number of halogens is 2. The number of pyridine rings is 2. The van der Waals surface area contributed by atoms with E-state index in [2.05, 4.69) is 10.3 Å². The SMILES string of the molecule is N=CCc1ncccc1Oc1ccc(NC(=O)c2cccn(Cc3cccc(F)c3)c2=O)cc1F. The van der Waals surface area contributed by atoms with Gasteiger partial charge < -0.3 is 20.0 Å². The van der Waals surface area contributed by atoms with E-state index >= 15 is 0 Å². The van der Waals surface area contributed by atoms with Gasteiger partial charge in [-0.1, -0.05) is 12.1 Å². The summed E-state index contributed by atoms with van der Waals surface area (Å²) in [6.45, 7) is 0.0900. The maximum absolute atomic E-state index is 14.7. The van der Waals surface area contributed by atoms with E-state index in [0.717, 1.165) is 6.07 Å². The summed E-state index contributed by atoms with van der Waals surface area (Å²) in [5.41, 5.74) is 0.476. The second-order valence-corrected chi connectivity index (χ2v) is 7.54. The van der Waals surface area contributed by atoms with Gasteiger partial charge in [0, 0.05) is 36.8 Å². The van der Waals surface area contributed by atoms with Crippen LogP contribution in [-0.2, 0) is 13.0 Å². The fraction of sp³-hybridized carbons (Fsp3) is 0.0769. The van der Waals surface area contributed by atoms with Crippen molar-refractivity contribution in [3.05, 3.63) is 118 Å². The van der Waals surface area contributed by atoms with Crippen LogP contribution < -0.4 is 15.6 Å². The number of amides is 1. The Hall–Kier alpha value is -4.66. The van der Waals surface area contributed by atoms with Gasteiger partial charge in [0.2, 0.25) is 0 Å². The second kappa shape index (κ2) is 10.5. The van der Waals surface area contributed by atoms with Gasteiger partial charge in [0.25, 0.3) is 11.5 Å². The zero-order chi connectivity index (χ0) is 24.8. The fourth-order valence-electron chi connectivity index (χ4n) is 3.41. The van der Waals surface area contributed by atoms with Crippen LogP contribution in [0.2, 0.25) is 0 Å². The van der Waals surface area contributed by atoms with Crippen LogP contribution in [0.3, 0.4) is 0 Å². The van der Waals surface area contributed by atoms with Crippen LogP contribution in [0.4, 0.5) is 14.5 Å². The minimum Gasteiger partial charge on any atom is -0.452 e. The molecule has 2 N–H and O–H groups in total. The van der Waals surface area contributed by atoms with Gasteiger partial charge in [-0.15, -0.1) is 0 Å². The maximum Gasteiger partial charge on any atom is 0.263 e. The average Bonchev–Trinajstić information content (AvgIpc) is 2.83. The Morgan fingerprint density at radius 2 is 1.91 bits per heavy atom. The third-order valence-electron chi connectivity index (χ3n) is 5.06. The summed E-state index contributed by atoms with van der Waals surface area (Å²) in [5, 5.41) is 9.76. The number of hydrogen-bond donors (Lipinski definition) is 2. The number of nitrogens with one attached hydrogen (secondary N) is 2. The third-order valence-corrected chi connectivity index (χ3v) is 5.06. The molecule has 2 heterocycles. The van der Waals surface area contributed by atoms with Crippen molar-refractivity contribution in [3.8, 4) is 11.5 Å². The smallest absolute Gasteiger partial charge is 0.263 e. The largest absolute Gasteiger partial charge is 0.452 e. The number of ether oxygens (including phenoxy) is 1. The molecule has 0 aliphatic heterocycles. The van der Waals surface area contributed by atoms with Crippen molar-refractivity contribution < 1.29 is 18.3 Å². The van der Waals surface area contributed by atoms with Crippen LogP contribution in [0.15, 0.2) is 83.9 Å². The van der Waals surface area contributed by atoms with Crippen molar-refractivity contribution in [1.29, 1.82) is 5.41 Å². The molecule has 2 aromatic heterocycles. The molecule has 1 amide bonds. The molecule has 2 aromatic carbocycles. The molecule has 0 aliphatic carbocycles. The Morgan fingerprint density at radius 1 is 1.06 bits per heavy atom. The number of carbonyl (C=O) groups excluding carboxylic acids is 1. The van der Waals surface area contributed by atoms with Crippen molar-refractivity contribution in [2.24, 2.45) is 0 Å². The minimum atomic E-state index is -0.732. The van der Waals surface area contributed by atoms with E-state index in [1.54, 1.807) is 24.4 Å². The van der Waals surface area contributed by atoms with Crippen molar-refractivity contribution in [1.82, 2.24) is 9.55 Å². The number of carbonyl (C=O) groups is 1. The van der Waals surface area contributed by atoms with E-state index in [-0.39, 0.29) is 30.0 Å². The molecule has 9 heteroatoms. The van der Waals surface area contributed by atoms with E-state index in [4.69, 9.17) is 10.1 Å². The molecule has 0 fully saturated rings. The quantitative estimate of drug-likeness (QED) is 0.358. The summed E-state index contributed by atoms with van der Waals surface area (Å²) in [7, 11) is 0. The first kappa shape index (κ1) is 23.5. The van der Waals surface area contributed by atoms with E-state index in [9.17, 15) is 18.4 Å². The predicted molar refractivity (Wildman–Crippen MR) is 127 cm³/mol. The molecule has 0 spiro atoms. The first-order valence-corrected chi connectivity index (χ1v) is 10.6. The lowest BCUT2D eigenvalue weighted by Gasteiger charge is -2.12. The van der Waals surface area contributed by atoms with Crippen LogP contribution in [0.25, 0.3) is 0 Å². The summed E-state index contributed by atoms with van der Waals surface area (Å²) in [6.07, 6.45) is 4.46. The standard InChI is InChI=1S/C26H20F2N4O3/c27-18-5-1-4-17(14-18)16-32-13-3-6-20(26(32)34)25(33)31-19-8-9-23(21(28)15-19)35-24-7-2-12-30-22(24)10-11-29/h1-9,11-15,29H,10,16H2,(H,31,33). The Morgan fingerprint density at radius 3 is 2.69 bits per heavy atom. The number of hydrogen-bond acceptors (Lipinski definition) is 5. The van der Waals surface area contributed by atoms with Crippen LogP contribution in [0.1, 0.15) is 21.6 Å². The molecule has 35 heavy (non-hydrogen) atoms. The average molecular weight is 474 g/mol. The topological polar surface area (TPSA) is 97.1 Å². The summed E-state index contributed by atoms with van der Waals surface area (Å²) in [6, 6.07) is 15.8. The third kappa shape index (κ3) is 5.64. The molecule has 176 valence electrons. The highest BCUT2D eigenvalue weighted by molar-refractivity contribution is 6.04. The Kier molecular flexibility index (Phi) is 7.06. The van der Waals surface area contributed by atoms with E-state index < -0.39 is 23.1 Å². The molecule has 0 saturated carbocycles. The number of nitrogens with zero attached hydrogens (tertiary/aromatic N) is 2. The van der Waals surface area contributed by atoms with Crippen LogP contribution >= 0.6 is 0 Å². The van der Waals surface area contributed by atoms with Crippen molar-refractivity contribution in [2.45, 2.75) is 13.0 Å². The van der Waals surface area contributed by atoms with Crippen LogP contribution in [0.5, 0.6) is 11.5 Å². The van der Waals surface area contributed by atoms with E-state index in [1.807, 2.05) is 0 Å². The summed E-state index contributed by atoms with van der Waals surface area (Å²) < 4.78 is 35.0. The van der Waals surface area contributed by atoms with Gasteiger partial charge >= 0.3 is 0 Å². The first-order valence-electron chi connectivity index (χ1n) is 10.6. The van der Waals surface area contributed by atoms with Gasteiger partial charge in [-0.3, -0.25) is 14.6 Å². The molecule has 0 atom stereocenters. The number of benzene rings is 2. The Balaban J connectivity index is 1.50. The molecule has 0 aliphatic rings. The molecule has 0 unspecified atom stereocenters. The lowest BCUT2D eigenvalue weighted by atomic mass is 10.2. The Labute approximate surface area is 199 Å². The van der Waals surface area contributed by atoms with E-state index in [1.165, 1.54) is 59.4 Å². The van der Waals surface area contributed by atoms with Gasteiger partial charge in [0.15, 0.2) is 11.6 Å². The second-order valence-electron chi connectivity index (χ2n) is 7.54. The maximum atomic E-state index is 14.7. The van der Waals surface area contributed by atoms with Gasteiger partial charge in [0.05, 0.1) is 12.2 Å². The summed E-state index contributed by atoms with van der Waals surface area (Å²) in [5.74, 6) is -1.64. The highest BCUT2D eigenvalue weighted by atomic mass is 19.1. The van der Waals surface area contributed by atoms with Gasteiger partial charge in [0.1, 0.15) is 17.1 Å². The highest BCUT2D eigenvalue weighted by Crippen LogP contribution is 2.28. The molecule has 7 nitrogen and oxygen atoms in total. The zero-order valence-corrected chi connectivity index (χ0v) is 18.4. The monoisotopic (exact) mass is 474 g/mol. The molecule has 0 radical (unpaired) electrons.